The van der Waals surface area contributed by atoms with Crippen LogP contribution in [0.25, 0.3) is 22.2 Å². The first kappa shape index (κ1) is 25.1. The van der Waals surface area contributed by atoms with Crippen LogP contribution in [0, 0.1) is 0 Å². The number of rotatable bonds is 6. The van der Waals surface area contributed by atoms with Crippen molar-refractivity contribution in [3.8, 4) is 28.5 Å². The van der Waals surface area contributed by atoms with Crippen molar-refractivity contribution in [3.05, 3.63) is 74.7 Å². The number of benzene rings is 2. The number of fused-ring (bicyclic) bond motifs is 4. The van der Waals surface area contributed by atoms with Crippen LogP contribution in [0.4, 0.5) is 0 Å². The lowest BCUT2D eigenvalue weighted by Gasteiger charge is -2.25. The standard InChI is InChI=1S/C29H28N2O7/c1-30-19(15-32)10-18-11-22-16(12-23(18)30)6-4-5-7-21-26(22)31(28(34)25(27(21)33)29(35)36)14-17-8-9-20(37-2)13-24(17)38-3/h8-13,15,33H,4-7,14H2,1-3H3,(H,35,36). The van der Waals surface area contributed by atoms with Gasteiger partial charge in [0.05, 0.1) is 32.2 Å². The number of nitrogens with zero attached hydrogens (tertiary/aromatic N) is 2. The number of pyridine rings is 1. The van der Waals surface area contributed by atoms with Crippen LogP contribution in [0.1, 0.15) is 50.4 Å². The number of carbonyl (C=O) groups excluding carboxylic acids is 1. The van der Waals surface area contributed by atoms with Gasteiger partial charge >= 0.3 is 5.97 Å². The van der Waals surface area contributed by atoms with Crippen LogP contribution in [0.3, 0.4) is 0 Å². The maximum atomic E-state index is 13.7. The minimum atomic E-state index is -1.48. The van der Waals surface area contributed by atoms with Crippen LogP contribution in [-0.4, -0.2) is 45.8 Å². The molecule has 5 rings (SSSR count). The molecule has 2 aromatic carbocycles. The normalized spacial score (nSPS) is 12.8. The number of hydrogen-bond donors (Lipinski definition) is 2. The fraction of sp³-hybridized carbons (Fsp3) is 0.276. The zero-order chi connectivity index (χ0) is 27.1. The van der Waals surface area contributed by atoms with Gasteiger partial charge in [0.15, 0.2) is 11.8 Å². The molecule has 0 radical (unpaired) electrons. The van der Waals surface area contributed by atoms with Crippen molar-refractivity contribution in [2.45, 2.75) is 32.2 Å². The molecule has 0 amide bonds. The SMILES string of the molecule is COc1ccc(Cn2c3c(c(O)c(C(=O)O)c2=O)CCCCc2cc4c(cc2-3)cc(C=O)n4C)c(OC)c1. The van der Waals surface area contributed by atoms with Gasteiger partial charge in [-0.3, -0.25) is 9.59 Å². The van der Waals surface area contributed by atoms with Crippen molar-refractivity contribution >= 4 is 23.2 Å². The highest BCUT2D eigenvalue weighted by Crippen LogP contribution is 2.39. The first-order valence-electron chi connectivity index (χ1n) is 12.3. The highest BCUT2D eigenvalue weighted by molar-refractivity contribution is 5.95. The molecule has 2 aromatic heterocycles. The van der Waals surface area contributed by atoms with Crippen LogP contribution in [0.2, 0.25) is 0 Å². The Bertz CT molecular complexity index is 1660. The molecule has 0 fully saturated rings. The van der Waals surface area contributed by atoms with Crippen LogP contribution >= 0.6 is 0 Å². The second kappa shape index (κ2) is 9.74. The third-order valence-electron chi connectivity index (χ3n) is 7.38. The van der Waals surface area contributed by atoms with Gasteiger partial charge in [-0.05, 0) is 61.6 Å². The average Bonchev–Trinajstić information content (AvgIpc) is 3.21. The predicted octanol–water partition coefficient (Wildman–Crippen LogP) is 4.17. The van der Waals surface area contributed by atoms with Crippen LogP contribution in [0.15, 0.2) is 41.2 Å². The van der Waals surface area contributed by atoms with E-state index in [0.717, 1.165) is 41.2 Å². The van der Waals surface area contributed by atoms with E-state index < -0.39 is 22.8 Å². The quantitative estimate of drug-likeness (QED) is 0.369. The zero-order valence-electron chi connectivity index (χ0n) is 21.4. The fourth-order valence-corrected chi connectivity index (χ4v) is 5.41. The summed E-state index contributed by atoms with van der Waals surface area (Å²) in [5.41, 5.74) is 3.16. The summed E-state index contributed by atoms with van der Waals surface area (Å²) < 4.78 is 14.1. The molecule has 0 spiro atoms. The van der Waals surface area contributed by atoms with Crippen molar-refractivity contribution < 1.29 is 29.3 Å². The van der Waals surface area contributed by atoms with Gasteiger partial charge in [-0.25, -0.2) is 4.79 Å². The highest BCUT2D eigenvalue weighted by atomic mass is 16.5. The smallest absolute Gasteiger partial charge is 0.345 e. The Hall–Kier alpha value is -4.53. The van der Waals surface area contributed by atoms with Crippen LogP contribution in [-0.2, 0) is 26.4 Å². The Balaban J connectivity index is 1.86. The number of aryl methyl sites for hydroxylation is 2. The number of aromatic carboxylic acids is 1. The van der Waals surface area contributed by atoms with Gasteiger partial charge < -0.3 is 28.8 Å². The van der Waals surface area contributed by atoms with E-state index in [4.69, 9.17) is 9.47 Å². The Morgan fingerprint density at radius 2 is 1.84 bits per heavy atom. The molecule has 0 saturated heterocycles. The molecule has 2 heterocycles. The topological polar surface area (TPSA) is 120 Å². The van der Waals surface area contributed by atoms with Gasteiger partial charge in [0.2, 0.25) is 0 Å². The fourth-order valence-electron chi connectivity index (χ4n) is 5.41. The summed E-state index contributed by atoms with van der Waals surface area (Å²) in [4.78, 5) is 37.5. The number of aromatic nitrogens is 2. The number of methoxy groups -OCH3 is 2. The number of aldehydes is 1. The van der Waals surface area contributed by atoms with Crippen molar-refractivity contribution in [3.63, 3.8) is 0 Å². The minimum Gasteiger partial charge on any atom is -0.506 e. The first-order valence-corrected chi connectivity index (χ1v) is 12.3. The molecule has 9 nitrogen and oxygen atoms in total. The lowest BCUT2D eigenvalue weighted by atomic mass is 9.88. The molecule has 0 atom stereocenters. The van der Waals surface area contributed by atoms with Gasteiger partial charge in [-0.15, -0.1) is 0 Å². The maximum absolute atomic E-state index is 13.7. The summed E-state index contributed by atoms with van der Waals surface area (Å²) in [6.07, 6.45) is 3.45. The van der Waals surface area contributed by atoms with Gasteiger partial charge in [-0.1, -0.05) is 0 Å². The number of carbonyl (C=O) groups is 2. The maximum Gasteiger partial charge on any atom is 0.345 e. The predicted molar refractivity (Wildman–Crippen MR) is 142 cm³/mol. The Kier molecular flexibility index (Phi) is 6.44. The lowest BCUT2D eigenvalue weighted by Crippen LogP contribution is -2.30. The minimum absolute atomic E-state index is 0.0146. The molecule has 0 aliphatic heterocycles. The third kappa shape index (κ3) is 4.00. The molecule has 1 aliphatic carbocycles. The van der Waals surface area contributed by atoms with E-state index in [1.807, 2.05) is 23.7 Å². The number of ether oxygens (including phenoxy) is 2. The zero-order valence-corrected chi connectivity index (χ0v) is 21.4. The summed E-state index contributed by atoms with van der Waals surface area (Å²) in [7, 11) is 4.88. The van der Waals surface area contributed by atoms with Gasteiger partial charge in [0.1, 0.15) is 17.2 Å². The Morgan fingerprint density at radius 3 is 2.53 bits per heavy atom. The molecule has 0 bridgehead atoms. The second-order valence-corrected chi connectivity index (χ2v) is 9.45. The van der Waals surface area contributed by atoms with E-state index in [1.165, 1.54) is 18.8 Å². The van der Waals surface area contributed by atoms with E-state index >= 15 is 0 Å². The van der Waals surface area contributed by atoms with Crippen molar-refractivity contribution in [1.29, 1.82) is 0 Å². The van der Waals surface area contributed by atoms with Gasteiger partial charge in [0, 0.05) is 40.7 Å². The molecule has 0 saturated carbocycles. The largest absolute Gasteiger partial charge is 0.506 e. The number of hydrogen-bond acceptors (Lipinski definition) is 6. The molecular formula is C29H28N2O7. The Labute approximate surface area is 218 Å². The first-order chi connectivity index (χ1) is 18.3. The molecule has 196 valence electrons. The van der Waals surface area contributed by atoms with E-state index in [9.17, 15) is 24.6 Å². The molecule has 9 heteroatoms. The number of carboxylic acids is 1. The summed E-state index contributed by atoms with van der Waals surface area (Å²) in [5, 5.41) is 21.8. The van der Waals surface area contributed by atoms with Crippen molar-refractivity contribution in [1.82, 2.24) is 9.13 Å². The summed E-state index contributed by atoms with van der Waals surface area (Å²) >= 11 is 0. The molecule has 0 unspecified atom stereocenters. The summed E-state index contributed by atoms with van der Waals surface area (Å²) in [5.74, 6) is -0.921. The molecule has 1 aliphatic rings. The third-order valence-corrected chi connectivity index (χ3v) is 7.38. The molecule has 38 heavy (non-hydrogen) atoms. The van der Waals surface area contributed by atoms with Crippen molar-refractivity contribution in [2.24, 2.45) is 7.05 Å². The monoisotopic (exact) mass is 516 g/mol. The van der Waals surface area contributed by atoms with Crippen LogP contribution < -0.4 is 15.0 Å². The molecule has 2 N–H and O–H groups in total. The van der Waals surface area contributed by atoms with E-state index in [-0.39, 0.29) is 6.54 Å². The van der Waals surface area contributed by atoms with E-state index in [2.05, 4.69) is 0 Å². The lowest BCUT2D eigenvalue weighted by molar-refractivity contribution is 0.0690. The van der Waals surface area contributed by atoms with Crippen LogP contribution in [0.5, 0.6) is 17.2 Å². The summed E-state index contributed by atoms with van der Waals surface area (Å²) in [6.45, 7) is 0.0146. The van der Waals surface area contributed by atoms with E-state index in [1.54, 1.807) is 24.3 Å². The Morgan fingerprint density at radius 1 is 1.08 bits per heavy atom. The second-order valence-electron chi connectivity index (χ2n) is 9.45. The highest BCUT2D eigenvalue weighted by Gasteiger charge is 2.29. The van der Waals surface area contributed by atoms with Crippen molar-refractivity contribution in [2.75, 3.05) is 14.2 Å². The van der Waals surface area contributed by atoms with Gasteiger partial charge in [-0.2, -0.15) is 0 Å². The summed E-state index contributed by atoms with van der Waals surface area (Å²) in [6, 6.07) is 10.9. The number of aromatic hydroxyl groups is 1. The van der Waals surface area contributed by atoms with E-state index in [0.29, 0.717) is 46.9 Å². The molecular weight excluding hydrogens is 488 g/mol. The van der Waals surface area contributed by atoms with Gasteiger partial charge in [0.25, 0.3) is 5.56 Å². The molecule has 4 aromatic rings. The number of carboxylic acid groups (broad SMARTS) is 1. The average molecular weight is 517 g/mol.